The molecule has 1 amide bonds. The SMILES string of the molecule is C[C@@H]1CNCCN1CC(=O)N1CCN(C(c2ccccc2)c2ccccc2)CC1.Cl.Cl. The highest BCUT2D eigenvalue weighted by molar-refractivity contribution is 5.85. The zero-order chi connectivity index (χ0) is 20.1. The molecule has 2 aliphatic heterocycles. The van der Waals surface area contributed by atoms with Crippen molar-refractivity contribution in [1.29, 1.82) is 0 Å². The van der Waals surface area contributed by atoms with Crippen LogP contribution in [-0.4, -0.2) is 79.0 Å². The second-order valence-electron chi connectivity index (χ2n) is 8.16. The van der Waals surface area contributed by atoms with E-state index in [1.807, 2.05) is 0 Å². The Morgan fingerprint density at radius 1 is 0.903 bits per heavy atom. The Balaban J connectivity index is 0.00000171. The van der Waals surface area contributed by atoms with Gasteiger partial charge in [0.1, 0.15) is 0 Å². The van der Waals surface area contributed by atoms with Crippen LogP contribution in [0.3, 0.4) is 0 Å². The van der Waals surface area contributed by atoms with Gasteiger partial charge in [0.05, 0.1) is 12.6 Å². The summed E-state index contributed by atoms with van der Waals surface area (Å²) in [5.41, 5.74) is 2.63. The number of amides is 1. The first-order chi connectivity index (χ1) is 14.2. The van der Waals surface area contributed by atoms with Gasteiger partial charge in [-0.2, -0.15) is 0 Å². The highest BCUT2D eigenvalue weighted by Crippen LogP contribution is 2.29. The van der Waals surface area contributed by atoms with Gasteiger partial charge in [-0.15, -0.1) is 24.8 Å². The maximum Gasteiger partial charge on any atom is 0.236 e. The molecule has 0 unspecified atom stereocenters. The maximum atomic E-state index is 12.9. The third-order valence-corrected chi connectivity index (χ3v) is 6.24. The summed E-state index contributed by atoms with van der Waals surface area (Å²) in [6.07, 6.45) is 0. The van der Waals surface area contributed by atoms with E-state index in [-0.39, 0.29) is 36.8 Å². The van der Waals surface area contributed by atoms with Gasteiger partial charge in [-0.25, -0.2) is 0 Å². The van der Waals surface area contributed by atoms with E-state index >= 15 is 0 Å². The van der Waals surface area contributed by atoms with Crippen LogP contribution in [0.1, 0.15) is 24.1 Å². The molecule has 31 heavy (non-hydrogen) atoms. The summed E-state index contributed by atoms with van der Waals surface area (Å²) in [7, 11) is 0. The highest BCUT2D eigenvalue weighted by atomic mass is 35.5. The number of carbonyl (C=O) groups is 1. The largest absolute Gasteiger partial charge is 0.339 e. The minimum atomic E-state index is 0. The summed E-state index contributed by atoms with van der Waals surface area (Å²) in [4.78, 5) is 19.8. The summed E-state index contributed by atoms with van der Waals surface area (Å²) in [5.74, 6) is 0.273. The summed E-state index contributed by atoms with van der Waals surface area (Å²) >= 11 is 0. The van der Waals surface area contributed by atoms with Gasteiger partial charge < -0.3 is 10.2 Å². The summed E-state index contributed by atoms with van der Waals surface area (Å²) in [6, 6.07) is 22.1. The molecule has 2 aromatic carbocycles. The molecule has 7 heteroatoms. The van der Waals surface area contributed by atoms with E-state index < -0.39 is 0 Å². The summed E-state index contributed by atoms with van der Waals surface area (Å²) in [6.45, 7) is 9.04. The van der Waals surface area contributed by atoms with Gasteiger partial charge in [-0.3, -0.25) is 14.6 Å². The van der Waals surface area contributed by atoms with E-state index in [0.717, 1.165) is 45.8 Å². The van der Waals surface area contributed by atoms with Crippen molar-refractivity contribution in [2.75, 3.05) is 52.4 Å². The maximum absolute atomic E-state index is 12.9. The van der Waals surface area contributed by atoms with Crippen molar-refractivity contribution in [3.63, 3.8) is 0 Å². The van der Waals surface area contributed by atoms with Crippen LogP contribution >= 0.6 is 24.8 Å². The van der Waals surface area contributed by atoms with Crippen molar-refractivity contribution in [1.82, 2.24) is 20.0 Å². The van der Waals surface area contributed by atoms with Gasteiger partial charge in [-0.05, 0) is 18.1 Å². The highest BCUT2D eigenvalue weighted by Gasteiger charge is 2.29. The molecular weight excluding hydrogens is 431 g/mol. The molecule has 2 aromatic rings. The Morgan fingerprint density at radius 3 is 1.97 bits per heavy atom. The van der Waals surface area contributed by atoms with Crippen molar-refractivity contribution in [2.45, 2.75) is 19.0 Å². The fourth-order valence-electron chi connectivity index (χ4n) is 4.51. The van der Waals surface area contributed by atoms with Crippen LogP contribution < -0.4 is 5.32 Å². The van der Waals surface area contributed by atoms with Crippen LogP contribution in [0.5, 0.6) is 0 Å². The molecule has 0 bridgehead atoms. The van der Waals surface area contributed by atoms with Crippen molar-refractivity contribution in [3.05, 3.63) is 71.8 Å². The Hall–Kier alpha value is -1.63. The molecule has 2 saturated heterocycles. The third-order valence-electron chi connectivity index (χ3n) is 6.24. The summed E-state index contributed by atoms with van der Waals surface area (Å²) in [5, 5.41) is 3.39. The first-order valence-electron chi connectivity index (χ1n) is 10.8. The van der Waals surface area contributed by atoms with E-state index in [1.165, 1.54) is 11.1 Å². The number of nitrogens with zero attached hydrogens (tertiary/aromatic N) is 3. The van der Waals surface area contributed by atoms with Crippen LogP contribution in [0.25, 0.3) is 0 Å². The number of carbonyl (C=O) groups excluding carboxylic acids is 1. The molecule has 2 heterocycles. The number of piperazine rings is 2. The molecule has 170 valence electrons. The second-order valence-corrected chi connectivity index (χ2v) is 8.16. The molecule has 0 aliphatic carbocycles. The molecule has 1 atom stereocenters. The van der Waals surface area contributed by atoms with Crippen LogP contribution in [0.15, 0.2) is 60.7 Å². The Morgan fingerprint density at radius 2 is 1.45 bits per heavy atom. The Kier molecular flexibility index (Phi) is 10.3. The van der Waals surface area contributed by atoms with Gasteiger partial charge in [-0.1, -0.05) is 60.7 Å². The van der Waals surface area contributed by atoms with Gasteiger partial charge in [0, 0.05) is 51.9 Å². The molecule has 0 radical (unpaired) electrons. The predicted octanol–water partition coefficient (Wildman–Crippen LogP) is 3.06. The number of benzene rings is 2. The number of hydrogen-bond acceptors (Lipinski definition) is 4. The zero-order valence-electron chi connectivity index (χ0n) is 18.2. The third kappa shape index (κ3) is 6.43. The van der Waals surface area contributed by atoms with Crippen molar-refractivity contribution in [3.8, 4) is 0 Å². The Labute approximate surface area is 198 Å². The van der Waals surface area contributed by atoms with Gasteiger partial charge >= 0.3 is 0 Å². The van der Waals surface area contributed by atoms with E-state index in [9.17, 15) is 4.79 Å². The minimum absolute atomic E-state index is 0. The molecule has 1 N–H and O–H groups in total. The van der Waals surface area contributed by atoms with Gasteiger partial charge in [0.15, 0.2) is 0 Å². The lowest BCUT2D eigenvalue weighted by Gasteiger charge is -2.41. The monoisotopic (exact) mass is 464 g/mol. The van der Waals surface area contributed by atoms with Crippen molar-refractivity contribution >= 4 is 30.7 Å². The second kappa shape index (κ2) is 12.4. The van der Waals surface area contributed by atoms with E-state index in [2.05, 4.69) is 87.6 Å². The molecular formula is C24H34Cl2N4O. The Bertz CT molecular complexity index is 745. The molecule has 2 aliphatic rings. The van der Waals surface area contributed by atoms with Crippen LogP contribution in [-0.2, 0) is 4.79 Å². The molecule has 4 rings (SSSR count). The van der Waals surface area contributed by atoms with Crippen molar-refractivity contribution in [2.24, 2.45) is 0 Å². The molecule has 2 fully saturated rings. The number of nitrogens with one attached hydrogen (secondary N) is 1. The lowest BCUT2D eigenvalue weighted by atomic mass is 9.96. The van der Waals surface area contributed by atoms with Gasteiger partial charge in [0.25, 0.3) is 0 Å². The average molecular weight is 465 g/mol. The topological polar surface area (TPSA) is 38.8 Å². The van der Waals surface area contributed by atoms with Crippen LogP contribution in [0.4, 0.5) is 0 Å². The van der Waals surface area contributed by atoms with Gasteiger partial charge in [0.2, 0.25) is 5.91 Å². The van der Waals surface area contributed by atoms with E-state index in [4.69, 9.17) is 0 Å². The normalized spacial score (nSPS) is 20.1. The molecule has 0 saturated carbocycles. The fraction of sp³-hybridized carbons (Fsp3) is 0.458. The smallest absolute Gasteiger partial charge is 0.236 e. The number of hydrogen-bond donors (Lipinski definition) is 1. The predicted molar refractivity (Wildman–Crippen MR) is 131 cm³/mol. The van der Waals surface area contributed by atoms with Crippen LogP contribution in [0, 0.1) is 0 Å². The summed E-state index contributed by atoms with van der Waals surface area (Å²) < 4.78 is 0. The first kappa shape index (κ1) is 25.6. The van der Waals surface area contributed by atoms with E-state index in [1.54, 1.807) is 0 Å². The number of halogens is 2. The first-order valence-corrected chi connectivity index (χ1v) is 10.8. The molecule has 5 nitrogen and oxygen atoms in total. The fourth-order valence-corrected chi connectivity index (χ4v) is 4.51. The lowest BCUT2D eigenvalue weighted by Crippen LogP contribution is -2.56. The molecule has 0 aromatic heterocycles. The zero-order valence-corrected chi connectivity index (χ0v) is 19.8. The molecule has 0 spiro atoms. The van der Waals surface area contributed by atoms with Crippen LogP contribution in [0.2, 0.25) is 0 Å². The lowest BCUT2D eigenvalue weighted by molar-refractivity contribution is -0.135. The van der Waals surface area contributed by atoms with E-state index in [0.29, 0.717) is 12.6 Å². The quantitative estimate of drug-likeness (QED) is 0.737. The standard InChI is InChI=1S/C24H32N4O.2ClH/c1-20-18-25-12-13-28(20)19-23(29)26-14-16-27(17-15-26)24(21-8-4-2-5-9-21)22-10-6-3-7-11-22;;/h2-11,20,24-25H,12-19H2,1H3;2*1H/t20-;;/m1../s1. The minimum Gasteiger partial charge on any atom is -0.339 e. The van der Waals surface area contributed by atoms with Crippen molar-refractivity contribution < 1.29 is 4.79 Å². The average Bonchev–Trinajstić information content (AvgIpc) is 2.77. The number of rotatable bonds is 5.